The molecule has 1 heterocycles. The Kier molecular flexibility index (Phi) is 4.34. The number of anilines is 2. The van der Waals surface area contributed by atoms with E-state index < -0.39 is 5.82 Å². The summed E-state index contributed by atoms with van der Waals surface area (Å²) in [4.78, 5) is 23.1. The fourth-order valence-electron chi connectivity index (χ4n) is 2.28. The van der Waals surface area contributed by atoms with Gasteiger partial charge in [-0.05, 0) is 30.7 Å². The van der Waals surface area contributed by atoms with Crippen LogP contribution in [0.4, 0.5) is 15.8 Å². The first-order valence-electron chi connectivity index (χ1n) is 6.56. The largest absolute Gasteiger partial charge is 0.326 e. The number of carbonyl (C=O) groups excluding carboxylic acids is 2. The van der Waals surface area contributed by atoms with Gasteiger partial charge in [0.1, 0.15) is 5.82 Å². The van der Waals surface area contributed by atoms with E-state index >= 15 is 0 Å². The number of hydrogen-bond donors (Lipinski definition) is 3. The normalized spacial score (nSPS) is 21.6. The molecule has 20 heavy (non-hydrogen) atoms. The first-order valence-corrected chi connectivity index (χ1v) is 6.56. The fourth-order valence-corrected chi connectivity index (χ4v) is 2.28. The number of hydrogen-bond acceptors (Lipinski definition) is 3. The van der Waals surface area contributed by atoms with Crippen molar-refractivity contribution in [1.82, 2.24) is 5.32 Å². The highest BCUT2D eigenvalue weighted by Gasteiger charge is 2.29. The molecule has 5 nitrogen and oxygen atoms in total. The van der Waals surface area contributed by atoms with Crippen LogP contribution >= 0.6 is 0 Å². The van der Waals surface area contributed by atoms with E-state index in [1.807, 2.05) is 6.92 Å². The van der Waals surface area contributed by atoms with Crippen molar-refractivity contribution in [2.24, 2.45) is 11.8 Å². The standard InChI is InChI=1S/C14H18FN3O2/c1-8-6-16-7-11(8)14(20)18-10-3-4-12(15)13(5-10)17-9(2)19/h3-5,8,11,16H,6-7H2,1-2H3,(H,17,19)(H,18,20). The van der Waals surface area contributed by atoms with Gasteiger partial charge in [-0.15, -0.1) is 0 Å². The second kappa shape index (κ2) is 6.00. The van der Waals surface area contributed by atoms with Crippen LogP contribution in [0.2, 0.25) is 0 Å². The van der Waals surface area contributed by atoms with E-state index in [2.05, 4.69) is 16.0 Å². The molecule has 0 aliphatic carbocycles. The smallest absolute Gasteiger partial charge is 0.229 e. The number of rotatable bonds is 3. The van der Waals surface area contributed by atoms with Crippen LogP contribution in [0.5, 0.6) is 0 Å². The van der Waals surface area contributed by atoms with Crippen LogP contribution in [-0.2, 0) is 9.59 Å². The zero-order chi connectivity index (χ0) is 14.7. The van der Waals surface area contributed by atoms with Gasteiger partial charge in [0.2, 0.25) is 11.8 Å². The molecule has 1 saturated heterocycles. The number of benzene rings is 1. The van der Waals surface area contributed by atoms with Crippen LogP contribution < -0.4 is 16.0 Å². The van der Waals surface area contributed by atoms with Crippen LogP contribution in [0.3, 0.4) is 0 Å². The van der Waals surface area contributed by atoms with Crippen LogP contribution in [0.1, 0.15) is 13.8 Å². The minimum atomic E-state index is -0.533. The van der Waals surface area contributed by atoms with Crippen molar-refractivity contribution >= 4 is 23.2 Å². The highest BCUT2D eigenvalue weighted by Crippen LogP contribution is 2.22. The van der Waals surface area contributed by atoms with Gasteiger partial charge in [0.15, 0.2) is 0 Å². The Hall–Kier alpha value is -1.95. The molecule has 3 N–H and O–H groups in total. The molecule has 6 heteroatoms. The quantitative estimate of drug-likeness (QED) is 0.786. The lowest BCUT2D eigenvalue weighted by atomic mass is 9.97. The first kappa shape index (κ1) is 14.5. The highest BCUT2D eigenvalue weighted by molar-refractivity contribution is 5.95. The van der Waals surface area contributed by atoms with Crippen LogP contribution in [0, 0.1) is 17.7 Å². The Morgan fingerprint density at radius 2 is 2.05 bits per heavy atom. The molecule has 1 aliphatic rings. The summed E-state index contributed by atoms with van der Waals surface area (Å²) >= 11 is 0. The lowest BCUT2D eigenvalue weighted by Gasteiger charge is -2.15. The third-order valence-corrected chi connectivity index (χ3v) is 3.40. The Bertz CT molecular complexity index is 533. The van der Waals surface area contributed by atoms with Crippen molar-refractivity contribution in [2.75, 3.05) is 23.7 Å². The minimum Gasteiger partial charge on any atom is -0.326 e. The monoisotopic (exact) mass is 279 g/mol. The Labute approximate surface area is 116 Å². The lowest BCUT2D eigenvalue weighted by molar-refractivity contribution is -0.120. The number of carbonyl (C=O) groups is 2. The van der Waals surface area contributed by atoms with Crippen LogP contribution in [0.25, 0.3) is 0 Å². The zero-order valence-electron chi connectivity index (χ0n) is 11.5. The molecule has 1 aromatic carbocycles. The molecule has 1 fully saturated rings. The summed E-state index contributed by atoms with van der Waals surface area (Å²) in [5, 5.41) is 8.30. The van der Waals surface area contributed by atoms with Crippen molar-refractivity contribution in [3.63, 3.8) is 0 Å². The second-order valence-electron chi connectivity index (χ2n) is 5.11. The van der Waals surface area contributed by atoms with Crippen LogP contribution in [-0.4, -0.2) is 24.9 Å². The van der Waals surface area contributed by atoms with E-state index in [0.717, 1.165) is 6.54 Å². The number of amides is 2. The summed E-state index contributed by atoms with van der Waals surface area (Å²) in [7, 11) is 0. The van der Waals surface area contributed by atoms with Crippen molar-refractivity contribution in [2.45, 2.75) is 13.8 Å². The Morgan fingerprint density at radius 1 is 1.30 bits per heavy atom. The molecule has 0 radical (unpaired) electrons. The van der Waals surface area contributed by atoms with E-state index in [9.17, 15) is 14.0 Å². The van der Waals surface area contributed by atoms with Gasteiger partial charge < -0.3 is 16.0 Å². The molecule has 2 rings (SSSR count). The minimum absolute atomic E-state index is 0.0629. The fraction of sp³-hybridized carbons (Fsp3) is 0.429. The van der Waals surface area contributed by atoms with Crippen molar-refractivity contribution in [1.29, 1.82) is 0 Å². The predicted molar refractivity (Wildman–Crippen MR) is 74.9 cm³/mol. The van der Waals surface area contributed by atoms with Gasteiger partial charge in [0.05, 0.1) is 11.6 Å². The van der Waals surface area contributed by atoms with E-state index in [4.69, 9.17) is 0 Å². The molecular weight excluding hydrogens is 261 g/mol. The summed E-state index contributed by atoms with van der Waals surface area (Å²) in [5.74, 6) is -0.812. The molecule has 1 aliphatic heterocycles. The molecule has 0 aromatic heterocycles. The first-order chi connectivity index (χ1) is 9.47. The molecule has 2 unspecified atom stereocenters. The average Bonchev–Trinajstić information content (AvgIpc) is 2.79. The van der Waals surface area contributed by atoms with E-state index in [1.165, 1.54) is 25.1 Å². The Morgan fingerprint density at radius 3 is 2.65 bits per heavy atom. The van der Waals surface area contributed by atoms with Gasteiger partial charge in [-0.1, -0.05) is 6.92 Å². The van der Waals surface area contributed by atoms with E-state index in [1.54, 1.807) is 0 Å². The lowest BCUT2D eigenvalue weighted by Crippen LogP contribution is -2.27. The molecule has 0 spiro atoms. The average molecular weight is 279 g/mol. The molecule has 0 bridgehead atoms. The van der Waals surface area contributed by atoms with Crippen molar-refractivity contribution in [3.8, 4) is 0 Å². The van der Waals surface area contributed by atoms with Gasteiger partial charge in [-0.25, -0.2) is 4.39 Å². The third-order valence-electron chi connectivity index (χ3n) is 3.40. The summed E-state index contributed by atoms with van der Waals surface area (Å²) in [6, 6.07) is 4.12. The summed E-state index contributed by atoms with van der Waals surface area (Å²) in [6.45, 7) is 4.78. The summed E-state index contributed by atoms with van der Waals surface area (Å²) in [5.41, 5.74) is 0.534. The van der Waals surface area contributed by atoms with Crippen molar-refractivity contribution in [3.05, 3.63) is 24.0 Å². The van der Waals surface area contributed by atoms with Gasteiger partial charge >= 0.3 is 0 Å². The summed E-state index contributed by atoms with van der Waals surface area (Å²) in [6.07, 6.45) is 0. The second-order valence-corrected chi connectivity index (χ2v) is 5.11. The molecule has 108 valence electrons. The van der Waals surface area contributed by atoms with Gasteiger partial charge in [0.25, 0.3) is 0 Å². The molecule has 0 saturated carbocycles. The van der Waals surface area contributed by atoms with Gasteiger partial charge in [-0.3, -0.25) is 9.59 Å². The Balaban J connectivity index is 2.09. The number of halogens is 1. The molecule has 1 aromatic rings. The van der Waals surface area contributed by atoms with E-state index in [-0.39, 0.29) is 29.3 Å². The maximum Gasteiger partial charge on any atom is 0.229 e. The van der Waals surface area contributed by atoms with Gasteiger partial charge in [0, 0.05) is 19.2 Å². The zero-order valence-corrected chi connectivity index (χ0v) is 11.5. The topological polar surface area (TPSA) is 70.2 Å². The van der Waals surface area contributed by atoms with Gasteiger partial charge in [-0.2, -0.15) is 0 Å². The molecule has 2 amide bonds. The predicted octanol–water partition coefficient (Wildman–Crippen LogP) is 1.58. The SMILES string of the molecule is CC(=O)Nc1cc(NC(=O)C2CNCC2C)ccc1F. The molecular formula is C14H18FN3O2. The maximum absolute atomic E-state index is 13.5. The maximum atomic E-state index is 13.5. The van der Waals surface area contributed by atoms with Crippen LogP contribution in [0.15, 0.2) is 18.2 Å². The van der Waals surface area contributed by atoms with Crippen molar-refractivity contribution < 1.29 is 14.0 Å². The van der Waals surface area contributed by atoms with E-state index in [0.29, 0.717) is 12.2 Å². The molecule has 2 atom stereocenters. The summed E-state index contributed by atoms with van der Waals surface area (Å²) < 4.78 is 13.5. The number of nitrogens with one attached hydrogen (secondary N) is 3. The third kappa shape index (κ3) is 3.33. The highest BCUT2D eigenvalue weighted by atomic mass is 19.1.